The second-order valence-corrected chi connectivity index (χ2v) is 6.42. The van der Waals surface area contributed by atoms with Gasteiger partial charge in [-0.1, -0.05) is 11.6 Å². The van der Waals surface area contributed by atoms with Crippen molar-refractivity contribution in [3.8, 4) is 0 Å². The van der Waals surface area contributed by atoms with E-state index in [0.29, 0.717) is 11.8 Å². The smallest absolute Gasteiger partial charge is 0.248 e. The van der Waals surface area contributed by atoms with Crippen molar-refractivity contribution in [2.24, 2.45) is 11.8 Å². The van der Waals surface area contributed by atoms with Gasteiger partial charge in [0.15, 0.2) is 0 Å². The first kappa shape index (κ1) is 11.5. The molecule has 3 aliphatic rings. The fraction of sp³-hybridized carbons (Fsp3) is 0.562. The molecule has 3 heteroatoms. The Balaban J connectivity index is 1.95. The van der Waals surface area contributed by atoms with Gasteiger partial charge >= 0.3 is 0 Å². The highest BCUT2D eigenvalue weighted by atomic mass is 16.1. The second-order valence-electron chi connectivity index (χ2n) is 6.42. The van der Waals surface area contributed by atoms with Crippen molar-refractivity contribution >= 4 is 0 Å². The fourth-order valence-electron chi connectivity index (χ4n) is 4.69. The van der Waals surface area contributed by atoms with Gasteiger partial charge in [-0.25, -0.2) is 0 Å². The number of rotatable bonds is 0. The third-order valence-electron chi connectivity index (χ3n) is 5.26. The van der Waals surface area contributed by atoms with E-state index in [-0.39, 0.29) is 11.1 Å². The van der Waals surface area contributed by atoms with E-state index in [9.17, 15) is 4.79 Å². The molecule has 2 aliphatic carbocycles. The maximum atomic E-state index is 11.6. The van der Waals surface area contributed by atoms with Crippen LogP contribution in [0.25, 0.3) is 0 Å². The molecule has 1 aliphatic heterocycles. The van der Waals surface area contributed by atoms with Gasteiger partial charge in [0, 0.05) is 11.8 Å². The maximum Gasteiger partial charge on any atom is 0.248 e. The number of aromatic nitrogens is 1. The minimum atomic E-state index is 0.0307. The van der Waals surface area contributed by atoms with E-state index in [1.54, 1.807) is 6.07 Å². The molecule has 1 saturated heterocycles. The summed E-state index contributed by atoms with van der Waals surface area (Å²) in [4.78, 5) is 14.7. The molecular weight excluding hydrogens is 236 g/mol. The molecule has 0 spiro atoms. The zero-order valence-electron chi connectivity index (χ0n) is 11.3. The number of allylic oxidation sites excluding steroid dienone is 1. The first-order chi connectivity index (χ1) is 9.19. The van der Waals surface area contributed by atoms with Crippen molar-refractivity contribution in [1.29, 1.82) is 0 Å². The van der Waals surface area contributed by atoms with E-state index in [1.807, 2.05) is 0 Å². The van der Waals surface area contributed by atoms with Crippen molar-refractivity contribution in [2.75, 3.05) is 6.54 Å². The van der Waals surface area contributed by atoms with Crippen molar-refractivity contribution in [2.45, 2.75) is 38.1 Å². The predicted octanol–water partition coefficient (Wildman–Crippen LogP) is 2.09. The molecule has 2 bridgehead atoms. The van der Waals surface area contributed by atoms with Crippen LogP contribution in [0.3, 0.4) is 0 Å². The lowest BCUT2D eigenvalue weighted by molar-refractivity contribution is 0.0883. The summed E-state index contributed by atoms with van der Waals surface area (Å²) in [7, 11) is 0. The van der Waals surface area contributed by atoms with Crippen LogP contribution in [-0.2, 0) is 12.0 Å². The average Bonchev–Trinajstić information content (AvgIpc) is 2.37. The number of pyridine rings is 1. The second kappa shape index (κ2) is 3.83. The van der Waals surface area contributed by atoms with Gasteiger partial charge in [0.25, 0.3) is 0 Å². The van der Waals surface area contributed by atoms with Gasteiger partial charge in [-0.15, -0.1) is 0 Å². The highest BCUT2D eigenvalue weighted by molar-refractivity contribution is 5.39. The van der Waals surface area contributed by atoms with Crippen molar-refractivity contribution < 1.29 is 0 Å². The molecule has 100 valence electrons. The first-order valence-corrected chi connectivity index (χ1v) is 7.34. The summed E-state index contributed by atoms with van der Waals surface area (Å²) in [6, 6.07) is 3.75. The molecule has 1 aromatic rings. The van der Waals surface area contributed by atoms with Crippen LogP contribution in [0.5, 0.6) is 0 Å². The molecule has 2 N–H and O–H groups in total. The van der Waals surface area contributed by atoms with Gasteiger partial charge in [0.05, 0.1) is 5.54 Å². The summed E-state index contributed by atoms with van der Waals surface area (Å²) in [5.74, 6) is 1.29. The number of fused-ring (bicyclic) bond motifs is 1. The molecule has 3 nitrogen and oxygen atoms in total. The van der Waals surface area contributed by atoms with E-state index in [0.717, 1.165) is 25.1 Å². The van der Waals surface area contributed by atoms with Gasteiger partial charge in [-0.2, -0.15) is 0 Å². The quantitative estimate of drug-likeness (QED) is 0.698. The van der Waals surface area contributed by atoms with Crippen LogP contribution in [0.2, 0.25) is 0 Å². The molecule has 3 atom stereocenters. The highest BCUT2D eigenvalue weighted by Crippen LogP contribution is 2.52. The molecule has 0 radical (unpaired) electrons. The molecule has 4 rings (SSSR count). The summed E-state index contributed by atoms with van der Waals surface area (Å²) in [6.07, 6.45) is 7.11. The zero-order valence-corrected chi connectivity index (χ0v) is 11.3. The fourth-order valence-corrected chi connectivity index (χ4v) is 4.69. The van der Waals surface area contributed by atoms with E-state index < -0.39 is 0 Å². The molecule has 1 fully saturated rings. The minimum absolute atomic E-state index is 0.0307. The monoisotopic (exact) mass is 256 g/mol. The highest BCUT2D eigenvalue weighted by Gasteiger charge is 2.51. The number of nitrogens with one attached hydrogen (secondary N) is 2. The molecule has 1 unspecified atom stereocenters. The third-order valence-corrected chi connectivity index (χ3v) is 5.26. The lowest BCUT2D eigenvalue weighted by Crippen LogP contribution is -2.58. The molecule has 0 saturated carbocycles. The molecule has 0 amide bonds. The number of H-pyrrole nitrogens is 1. The van der Waals surface area contributed by atoms with Crippen LogP contribution >= 0.6 is 0 Å². The van der Waals surface area contributed by atoms with Crippen LogP contribution < -0.4 is 10.9 Å². The van der Waals surface area contributed by atoms with Crippen LogP contribution in [0.15, 0.2) is 28.6 Å². The summed E-state index contributed by atoms with van der Waals surface area (Å²) in [5, 5.41) is 3.81. The largest absolute Gasteiger partial charge is 0.326 e. The Labute approximate surface area is 113 Å². The van der Waals surface area contributed by atoms with Crippen LogP contribution in [0.1, 0.15) is 37.4 Å². The molecular formula is C16H20N2O. The number of hydrogen-bond acceptors (Lipinski definition) is 2. The Morgan fingerprint density at radius 1 is 1.37 bits per heavy atom. The molecule has 0 aromatic carbocycles. The Kier molecular flexibility index (Phi) is 2.31. The van der Waals surface area contributed by atoms with Gasteiger partial charge in [-0.05, 0) is 62.6 Å². The van der Waals surface area contributed by atoms with Crippen molar-refractivity contribution in [1.82, 2.24) is 10.3 Å². The Bertz CT molecular complexity index is 615. The van der Waals surface area contributed by atoms with E-state index in [2.05, 4.69) is 29.4 Å². The summed E-state index contributed by atoms with van der Waals surface area (Å²) >= 11 is 0. The summed E-state index contributed by atoms with van der Waals surface area (Å²) < 4.78 is 0. The number of piperidine rings is 1. The lowest BCUT2D eigenvalue weighted by atomic mass is 9.57. The van der Waals surface area contributed by atoms with E-state index in [4.69, 9.17) is 0 Å². The number of hydrogen-bond donors (Lipinski definition) is 2. The SMILES string of the molecule is CC1=CC2Cc3[nH]c(=O)ccc3[C@]3(C1)NCCC[C@@H]23. The Morgan fingerprint density at radius 2 is 2.26 bits per heavy atom. The van der Waals surface area contributed by atoms with Gasteiger partial charge < -0.3 is 10.3 Å². The Morgan fingerprint density at radius 3 is 3.16 bits per heavy atom. The van der Waals surface area contributed by atoms with Gasteiger partial charge in [0.2, 0.25) is 5.56 Å². The zero-order chi connectivity index (χ0) is 13.0. The standard InChI is InChI=1S/C16H20N2O/c1-10-7-11-8-14-13(4-5-15(19)18-14)16(9-10)12(11)3-2-6-17-16/h4-5,7,11-12,17H,2-3,6,8-9H2,1H3,(H,18,19)/t11?,12-,16+/m0/s1. The average molecular weight is 256 g/mol. The topological polar surface area (TPSA) is 44.9 Å². The predicted molar refractivity (Wildman–Crippen MR) is 75.0 cm³/mol. The van der Waals surface area contributed by atoms with Crippen LogP contribution in [-0.4, -0.2) is 11.5 Å². The van der Waals surface area contributed by atoms with Gasteiger partial charge in [-0.3, -0.25) is 4.79 Å². The molecule has 2 heterocycles. The van der Waals surface area contributed by atoms with Crippen molar-refractivity contribution in [3.05, 3.63) is 45.4 Å². The maximum absolute atomic E-state index is 11.6. The first-order valence-electron chi connectivity index (χ1n) is 7.34. The summed E-state index contributed by atoms with van der Waals surface area (Å²) in [6.45, 7) is 3.34. The third kappa shape index (κ3) is 1.51. The number of aromatic amines is 1. The normalized spacial score (nSPS) is 36.2. The van der Waals surface area contributed by atoms with E-state index in [1.165, 1.54) is 24.0 Å². The van der Waals surface area contributed by atoms with Gasteiger partial charge in [0.1, 0.15) is 0 Å². The van der Waals surface area contributed by atoms with Crippen LogP contribution in [0.4, 0.5) is 0 Å². The molecule has 1 aromatic heterocycles. The minimum Gasteiger partial charge on any atom is -0.326 e. The van der Waals surface area contributed by atoms with Crippen molar-refractivity contribution in [3.63, 3.8) is 0 Å². The van der Waals surface area contributed by atoms with E-state index >= 15 is 0 Å². The summed E-state index contributed by atoms with van der Waals surface area (Å²) in [5.41, 5.74) is 4.11. The molecule has 19 heavy (non-hydrogen) atoms. The lowest BCUT2D eigenvalue weighted by Gasteiger charge is -2.54. The van der Waals surface area contributed by atoms with Crippen LogP contribution in [0, 0.1) is 11.8 Å². The Hall–Kier alpha value is -1.35.